The molecular weight excluding hydrogens is 300 g/mol. The number of rotatable bonds is 6. The fraction of sp³-hybridized carbons (Fsp3) is 0.500. The number of hydrogen-bond donors (Lipinski definition) is 1. The average molecular weight is 320 g/mol. The number of carbonyl (C=O) groups excluding carboxylic acids is 2. The second kappa shape index (κ2) is 6.36. The Labute approximate surface area is 134 Å². The summed E-state index contributed by atoms with van der Waals surface area (Å²) in [6, 6.07) is 5.28. The van der Waals surface area contributed by atoms with Gasteiger partial charge in [0.05, 0.1) is 27.3 Å². The predicted octanol–water partition coefficient (Wildman–Crippen LogP) is 1.42. The number of carbonyl (C=O) groups is 2. The lowest BCUT2D eigenvalue weighted by Gasteiger charge is -2.12. The fourth-order valence-corrected chi connectivity index (χ4v) is 2.62. The average Bonchev–Trinajstić information content (AvgIpc) is 3.34. The molecule has 1 aromatic carbocycles. The van der Waals surface area contributed by atoms with Crippen molar-refractivity contribution in [2.45, 2.75) is 25.0 Å². The number of cyclic esters (lactones) is 1. The third-order valence-electron chi connectivity index (χ3n) is 4.03. The van der Waals surface area contributed by atoms with Crippen LogP contribution in [0.15, 0.2) is 18.2 Å². The second-order valence-electron chi connectivity index (χ2n) is 5.67. The highest BCUT2D eigenvalue weighted by Gasteiger charge is 2.40. The molecule has 23 heavy (non-hydrogen) atoms. The molecule has 0 spiro atoms. The summed E-state index contributed by atoms with van der Waals surface area (Å²) >= 11 is 0. The zero-order chi connectivity index (χ0) is 16.4. The normalized spacial score (nSPS) is 20.2. The molecule has 1 saturated heterocycles. The van der Waals surface area contributed by atoms with Gasteiger partial charge in [-0.3, -0.25) is 4.79 Å². The molecule has 2 amide bonds. The summed E-state index contributed by atoms with van der Waals surface area (Å²) in [7, 11) is 3.06. The molecule has 1 heterocycles. The SMILES string of the molecule is COc1ccc(C(=O)NCC2CN(C3CC3)C(=O)O2)cc1OC. The number of benzene rings is 1. The Morgan fingerprint density at radius 3 is 2.70 bits per heavy atom. The van der Waals surface area contributed by atoms with Crippen molar-refractivity contribution in [1.82, 2.24) is 10.2 Å². The summed E-state index contributed by atoms with van der Waals surface area (Å²) < 4.78 is 15.6. The van der Waals surface area contributed by atoms with E-state index in [4.69, 9.17) is 14.2 Å². The molecule has 1 aliphatic heterocycles. The molecule has 124 valence electrons. The van der Waals surface area contributed by atoms with Gasteiger partial charge < -0.3 is 24.4 Å². The van der Waals surface area contributed by atoms with E-state index in [0.717, 1.165) is 12.8 Å². The molecule has 0 radical (unpaired) electrons. The maximum absolute atomic E-state index is 12.2. The maximum atomic E-state index is 12.2. The van der Waals surface area contributed by atoms with Gasteiger partial charge in [-0.2, -0.15) is 0 Å². The molecule has 7 heteroatoms. The topological polar surface area (TPSA) is 77.1 Å². The molecule has 0 aromatic heterocycles. The fourth-order valence-electron chi connectivity index (χ4n) is 2.62. The quantitative estimate of drug-likeness (QED) is 0.858. The summed E-state index contributed by atoms with van der Waals surface area (Å²) in [6.07, 6.45) is 1.50. The maximum Gasteiger partial charge on any atom is 0.410 e. The van der Waals surface area contributed by atoms with Gasteiger partial charge in [0.2, 0.25) is 0 Å². The smallest absolute Gasteiger partial charge is 0.410 e. The Balaban J connectivity index is 1.56. The first-order valence-electron chi connectivity index (χ1n) is 7.60. The molecule has 1 aromatic rings. The first kappa shape index (κ1) is 15.5. The van der Waals surface area contributed by atoms with Gasteiger partial charge in [-0.05, 0) is 31.0 Å². The van der Waals surface area contributed by atoms with Crippen LogP contribution in [-0.4, -0.2) is 56.4 Å². The Morgan fingerprint density at radius 2 is 2.04 bits per heavy atom. The van der Waals surface area contributed by atoms with Gasteiger partial charge in [-0.25, -0.2) is 4.79 Å². The van der Waals surface area contributed by atoms with Crippen LogP contribution in [0.25, 0.3) is 0 Å². The minimum atomic E-state index is -0.299. The van der Waals surface area contributed by atoms with E-state index >= 15 is 0 Å². The van der Waals surface area contributed by atoms with E-state index < -0.39 is 0 Å². The molecule has 7 nitrogen and oxygen atoms in total. The van der Waals surface area contributed by atoms with E-state index in [9.17, 15) is 9.59 Å². The first-order valence-corrected chi connectivity index (χ1v) is 7.60. The Morgan fingerprint density at radius 1 is 1.30 bits per heavy atom. The highest BCUT2D eigenvalue weighted by atomic mass is 16.6. The lowest BCUT2D eigenvalue weighted by atomic mass is 10.2. The minimum Gasteiger partial charge on any atom is -0.493 e. The van der Waals surface area contributed by atoms with Crippen LogP contribution in [0, 0.1) is 0 Å². The number of ether oxygens (including phenoxy) is 3. The molecule has 1 unspecified atom stereocenters. The zero-order valence-corrected chi connectivity index (χ0v) is 13.2. The summed E-state index contributed by atoms with van der Waals surface area (Å²) in [5, 5.41) is 2.79. The molecule has 3 rings (SSSR count). The number of hydrogen-bond acceptors (Lipinski definition) is 5. The monoisotopic (exact) mass is 320 g/mol. The van der Waals surface area contributed by atoms with Crippen molar-refractivity contribution in [3.63, 3.8) is 0 Å². The van der Waals surface area contributed by atoms with E-state index in [1.165, 1.54) is 14.2 Å². The van der Waals surface area contributed by atoms with Crippen LogP contribution in [0.5, 0.6) is 11.5 Å². The number of nitrogens with zero attached hydrogens (tertiary/aromatic N) is 1. The van der Waals surface area contributed by atoms with Gasteiger partial charge in [0.25, 0.3) is 5.91 Å². The summed E-state index contributed by atoms with van der Waals surface area (Å²) in [6.45, 7) is 0.831. The molecule has 2 fully saturated rings. The minimum absolute atomic E-state index is 0.244. The molecular formula is C16H20N2O5. The van der Waals surface area contributed by atoms with Crippen LogP contribution in [-0.2, 0) is 4.74 Å². The highest BCUT2D eigenvalue weighted by molar-refractivity contribution is 5.94. The summed E-state index contributed by atoms with van der Waals surface area (Å²) in [4.78, 5) is 25.7. The van der Waals surface area contributed by atoms with E-state index in [1.807, 2.05) is 0 Å². The van der Waals surface area contributed by atoms with Crippen molar-refractivity contribution < 1.29 is 23.8 Å². The molecule has 1 aliphatic carbocycles. The van der Waals surface area contributed by atoms with E-state index in [2.05, 4.69) is 5.32 Å². The van der Waals surface area contributed by atoms with Crippen LogP contribution in [0.4, 0.5) is 4.79 Å². The van der Waals surface area contributed by atoms with Crippen LogP contribution in [0.2, 0.25) is 0 Å². The first-order chi connectivity index (χ1) is 11.1. The summed E-state index contributed by atoms with van der Waals surface area (Å²) in [5.74, 6) is 0.813. The third-order valence-corrected chi connectivity index (χ3v) is 4.03. The van der Waals surface area contributed by atoms with Gasteiger partial charge in [-0.15, -0.1) is 0 Å². The zero-order valence-electron chi connectivity index (χ0n) is 13.2. The van der Waals surface area contributed by atoms with Gasteiger partial charge in [0.1, 0.15) is 6.10 Å². The molecule has 1 saturated carbocycles. The van der Waals surface area contributed by atoms with E-state index in [-0.39, 0.29) is 18.1 Å². The Kier molecular flexibility index (Phi) is 4.27. The predicted molar refractivity (Wildman–Crippen MR) is 81.9 cm³/mol. The third kappa shape index (κ3) is 3.33. The standard InChI is InChI=1S/C16H20N2O5/c1-21-13-6-3-10(7-14(13)22-2)15(19)17-8-12-9-18(11-4-5-11)16(20)23-12/h3,6-7,11-12H,4-5,8-9H2,1-2H3,(H,17,19). The lowest BCUT2D eigenvalue weighted by molar-refractivity contribution is 0.0914. The number of methoxy groups -OCH3 is 2. The highest BCUT2D eigenvalue weighted by Crippen LogP contribution is 2.30. The van der Waals surface area contributed by atoms with Crippen molar-refractivity contribution in [3.05, 3.63) is 23.8 Å². The van der Waals surface area contributed by atoms with Gasteiger partial charge >= 0.3 is 6.09 Å². The van der Waals surface area contributed by atoms with Gasteiger partial charge in [0.15, 0.2) is 11.5 Å². The van der Waals surface area contributed by atoms with E-state index in [1.54, 1.807) is 23.1 Å². The lowest BCUT2D eigenvalue weighted by Crippen LogP contribution is -2.35. The number of nitrogens with one attached hydrogen (secondary N) is 1. The van der Waals surface area contributed by atoms with Crippen molar-refractivity contribution in [2.75, 3.05) is 27.3 Å². The van der Waals surface area contributed by atoms with Crippen LogP contribution in [0.3, 0.4) is 0 Å². The molecule has 1 N–H and O–H groups in total. The Hall–Kier alpha value is -2.44. The largest absolute Gasteiger partial charge is 0.493 e. The molecule has 2 aliphatic rings. The van der Waals surface area contributed by atoms with Crippen molar-refractivity contribution >= 4 is 12.0 Å². The second-order valence-corrected chi connectivity index (χ2v) is 5.67. The van der Waals surface area contributed by atoms with Gasteiger partial charge in [-0.1, -0.05) is 0 Å². The van der Waals surface area contributed by atoms with Crippen LogP contribution < -0.4 is 14.8 Å². The number of amides is 2. The van der Waals surface area contributed by atoms with Crippen molar-refractivity contribution in [1.29, 1.82) is 0 Å². The van der Waals surface area contributed by atoms with Crippen molar-refractivity contribution in [3.8, 4) is 11.5 Å². The molecule has 1 atom stereocenters. The van der Waals surface area contributed by atoms with Crippen molar-refractivity contribution in [2.24, 2.45) is 0 Å². The Bertz CT molecular complexity index is 614. The molecule has 0 bridgehead atoms. The van der Waals surface area contributed by atoms with Crippen LogP contribution in [0.1, 0.15) is 23.2 Å². The van der Waals surface area contributed by atoms with Crippen LogP contribution >= 0.6 is 0 Å². The van der Waals surface area contributed by atoms with Gasteiger partial charge in [0, 0.05) is 11.6 Å². The van der Waals surface area contributed by atoms with E-state index in [0.29, 0.717) is 36.2 Å². The summed E-state index contributed by atoms with van der Waals surface area (Å²) in [5.41, 5.74) is 0.464.